The number of benzene rings is 2. The van der Waals surface area contributed by atoms with E-state index in [1.165, 1.54) is 6.07 Å². The van der Waals surface area contributed by atoms with E-state index in [1.54, 1.807) is 35.2 Å². The van der Waals surface area contributed by atoms with Gasteiger partial charge in [-0.15, -0.1) is 0 Å². The van der Waals surface area contributed by atoms with E-state index in [0.717, 1.165) is 25.0 Å². The van der Waals surface area contributed by atoms with Crippen molar-refractivity contribution in [3.05, 3.63) is 70.0 Å². The maximum Gasteiger partial charge on any atom is 0.336 e. The van der Waals surface area contributed by atoms with Crippen molar-refractivity contribution in [2.45, 2.75) is 0 Å². The van der Waals surface area contributed by atoms with Crippen LogP contribution in [0.15, 0.2) is 63.8 Å². The summed E-state index contributed by atoms with van der Waals surface area (Å²) in [5.41, 5.74) is 0.0148. The first-order chi connectivity index (χ1) is 15.1. The summed E-state index contributed by atoms with van der Waals surface area (Å²) in [7, 11) is 0. The van der Waals surface area contributed by atoms with Crippen LogP contribution in [0.1, 0.15) is 0 Å². The Labute approximate surface area is 184 Å². The first-order valence-corrected chi connectivity index (χ1v) is 10.5. The second kappa shape index (κ2) is 9.85. The predicted octanol–water partition coefficient (Wildman–Crippen LogP) is 3.05. The van der Waals surface area contributed by atoms with Gasteiger partial charge in [0, 0.05) is 50.2 Å². The van der Waals surface area contributed by atoms with Gasteiger partial charge >= 0.3 is 5.63 Å². The Kier molecular flexibility index (Phi) is 6.74. The van der Waals surface area contributed by atoms with Crippen LogP contribution in [0.25, 0.3) is 11.0 Å². The van der Waals surface area contributed by atoms with Crippen molar-refractivity contribution in [3.63, 3.8) is 0 Å². The fraction of sp³-hybridized carbons (Fsp3) is 0.304. The van der Waals surface area contributed by atoms with Gasteiger partial charge in [0.15, 0.2) is 6.61 Å². The molecule has 2 heterocycles. The molecule has 0 bridgehead atoms. The van der Waals surface area contributed by atoms with Crippen molar-refractivity contribution in [2.75, 3.05) is 45.9 Å². The van der Waals surface area contributed by atoms with Gasteiger partial charge in [-0.25, -0.2) is 4.79 Å². The highest BCUT2D eigenvalue weighted by atomic mass is 35.5. The smallest absolute Gasteiger partial charge is 0.336 e. The standard InChI is InChI=1S/C23H23ClN2O5/c24-19-3-1-2-4-20(19)29-14-13-25-9-11-26(12-10-25)22(27)16-30-18-7-5-17-6-8-23(28)31-21(17)15-18/h1-8,15H,9-14,16H2. The molecule has 0 unspecified atom stereocenters. The van der Waals surface area contributed by atoms with E-state index < -0.39 is 5.63 Å². The van der Waals surface area contributed by atoms with E-state index in [4.69, 9.17) is 25.5 Å². The summed E-state index contributed by atoms with van der Waals surface area (Å²) < 4.78 is 16.5. The molecule has 8 heteroatoms. The number of halogens is 1. The molecule has 31 heavy (non-hydrogen) atoms. The fourth-order valence-electron chi connectivity index (χ4n) is 3.43. The fourth-order valence-corrected chi connectivity index (χ4v) is 3.62. The Balaban J connectivity index is 1.20. The number of rotatable bonds is 7. The van der Waals surface area contributed by atoms with Crippen LogP contribution < -0.4 is 15.1 Å². The summed E-state index contributed by atoms with van der Waals surface area (Å²) in [5, 5.41) is 1.40. The largest absolute Gasteiger partial charge is 0.491 e. The van der Waals surface area contributed by atoms with Crippen LogP contribution in [-0.4, -0.2) is 61.6 Å². The highest BCUT2D eigenvalue weighted by Crippen LogP contribution is 2.23. The summed E-state index contributed by atoms with van der Waals surface area (Å²) in [6, 6.07) is 15.6. The van der Waals surface area contributed by atoms with E-state index in [1.807, 2.05) is 18.2 Å². The Hall–Kier alpha value is -3.03. The van der Waals surface area contributed by atoms with Gasteiger partial charge in [0.1, 0.15) is 23.7 Å². The molecule has 0 aliphatic carbocycles. The Morgan fingerprint density at radius 2 is 1.77 bits per heavy atom. The molecule has 3 aromatic rings. The van der Waals surface area contributed by atoms with Crippen LogP contribution in [0.3, 0.4) is 0 Å². The molecule has 1 fully saturated rings. The topological polar surface area (TPSA) is 72.2 Å². The molecule has 0 N–H and O–H groups in total. The van der Waals surface area contributed by atoms with Gasteiger partial charge < -0.3 is 18.8 Å². The molecular formula is C23H23ClN2O5. The zero-order chi connectivity index (χ0) is 21.6. The molecule has 4 rings (SSSR count). The molecule has 1 amide bonds. The number of amides is 1. The summed E-state index contributed by atoms with van der Waals surface area (Å²) in [5.74, 6) is 1.11. The molecule has 1 saturated heterocycles. The molecule has 0 spiro atoms. The predicted molar refractivity (Wildman–Crippen MR) is 118 cm³/mol. The molecule has 2 aromatic carbocycles. The van der Waals surface area contributed by atoms with Gasteiger partial charge in [-0.2, -0.15) is 0 Å². The van der Waals surface area contributed by atoms with Crippen LogP contribution in [0.4, 0.5) is 0 Å². The Morgan fingerprint density at radius 3 is 2.58 bits per heavy atom. The average Bonchev–Trinajstić information content (AvgIpc) is 2.79. The van der Waals surface area contributed by atoms with Gasteiger partial charge in [-0.3, -0.25) is 9.69 Å². The normalized spacial score (nSPS) is 14.5. The molecule has 0 saturated carbocycles. The van der Waals surface area contributed by atoms with Crippen LogP contribution >= 0.6 is 11.6 Å². The summed E-state index contributed by atoms with van der Waals surface area (Å²) in [6.45, 7) is 4.09. The average molecular weight is 443 g/mol. The monoisotopic (exact) mass is 442 g/mol. The highest BCUT2D eigenvalue weighted by Gasteiger charge is 2.21. The summed E-state index contributed by atoms with van der Waals surface area (Å²) in [6.07, 6.45) is 0. The number of hydrogen-bond donors (Lipinski definition) is 0. The van der Waals surface area contributed by atoms with Gasteiger partial charge in [0.05, 0.1) is 5.02 Å². The Bertz CT molecular complexity index is 1110. The number of piperazine rings is 1. The summed E-state index contributed by atoms with van der Waals surface area (Å²) in [4.78, 5) is 27.9. The highest BCUT2D eigenvalue weighted by molar-refractivity contribution is 6.32. The van der Waals surface area contributed by atoms with Gasteiger partial charge in [-0.1, -0.05) is 23.7 Å². The molecule has 0 atom stereocenters. The minimum atomic E-state index is -0.420. The van der Waals surface area contributed by atoms with Crippen LogP contribution in [0.5, 0.6) is 11.5 Å². The summed E-state index contributed by atoms with van der Waals surface area (Å²) >= 11 is 6.10. The van der Waals surface area contributed by atoms with E-state index >= 15 is 0 Å². The second-order valence-corrected chi connectivity index (χ2v) is 7.65. The lowest BCUT2D eigenvalue weighted by molar-refractivity contribution is -0.135. The minimum absolute atomic E-state index is 0.0574. The molecule has 1 aromatic heterocycles. The number of para-hydroxylation sites is 1. The molecule has 1 aliphatic rings. The maximum atomic E-state index is 12.5. The third-order valence-corrected chi connectivity index (χ3v) is 5.50. The van der Waals surface area contributed by atoms with Crippen molar-refractivity contribution in [1.82, 2.24) is 9.80 Å². The molecule has 1 aliphatic heterocycles. The number of carbonyl (C=O) groups excluding carboxylic acids is 1. The number of fused-ring (bicyclic) bond motifs is 1. The van der Waals surface area contributed by atoms with Crippen LogP contribution in [-0.2, 0) is 4.79 Å². The second-order valence-electron chi connectivity index (χ2n) is 7.24. The van der Waals surface area contributed by atoms with E-state index in [-0.39, 0.29) is 12.5 Å². The van der Waals surface area contributed by atoms with Gasteiger partial charge in [0.2, 0.25) is 0 Å². The van der Waals surface area contributed by atoms with Crippen LogP contribution in [0, 0.1) is 0 Å². The van der Waals surface area contributed by atoms with Gasteiger partial charge in [-0.05, 0) is 30.3 Å². The molecule has 162 valence electrons. The van der Waals surface area contributed by atoms with Crippen LogP contribution in [0.2, 0.25) is 5.02 Å². The van der Waals surface area contributed by atoms with E-state index in [9.17, 15) is 9.59 Å². The van der Waals surface area contributed by atoms with E-state index in [2.05, 4.69) is 4.90 Å². The van der Waals surface area contributed by atoms with E-state index in [0.29, 0.717) is 41.8 Å². The molecule has 0 radical (unpaired) electrons. The van der Waals surface area contributed by atoms with Crippen molar-refractivity contribution in [1.29, 1.82) is 0 Å². The SMILES string of the molecule is O=C(COc1ccc2ccc(=O)oc2c1)N1CCN(CCOc2ccccc2Cl)CC1. The lowest BCUT2D eigenvalue weighted by Crippen LogP contribution is -2.50. The number of nitrogens with zero attached hydrogens (tertiary/aromatic N) is 2. The van der Waals surface area contributed by atoms with Crippen molar-refractivity contribution >= 4 is 28.5 Å². The maximum absolute atomic E-state index is 12.5. The number of carbonyl (C=O) groups is 1. The first-order valence-electron chi connectivity index (χ1n) is 10.1. The lowest BCUT2D eigenvalue weighted by Gasteiger charge is -2.34. The van der Waals surface area contributed by atoms with Crippen molar-refractivity contribution in [3.8, 4) is 11.5 Å². The first kappa shape index (κ1) is 21.2. The zero-order valence-electron chi connectivity index (χ0n) is 17.0. The number of hydrogen-bond acceptors (Lipinski definition) is 6. The minimum Gasteiger partial charge on any atom is -0.491 e. The molecular weight excluding hydrogens is 420 g/mol. The van der Waals surface area contributed by atoms with Crippen molar-refractivity contribution in [2.24, 2.45) is 0 Å². The van der Waals surface area contributed by atoms with Crippen molar-refractivity contribution < 1.29 is 18.7 Å². The lowest BCUT2D eigenvalue weighted by atomic mass is 10.2. The van der Waals surface area contributed by atoms with Gasteiger partial charge in [0.25, 0.3) is 5.91 Å². The zero-order valence-corrected chi connectivity index (χ0v) is 17.7. The quantitative estimate of drug-likeness (QED) is 0.524. The Morgan fingerprint density at radius 1 is 1.00 bits per heavy atom. The number of ether oxygens (including phenoxy) is 2. The third-order valence-electron chi connectivity index (χ3n) is 5.18. The molecule has 7 nitrogen and oxygen atoms in total. The third kappa shape index (κ3) is 5.57.